The Morgan fingerprint density at radius 3 is 2.59 bits per heavy atom. The van der Waals surface area contributed by atoms with E-state index in [-0.39, 0.29) is 0 Å². The molecule has 0 aliphatic heterocycles. The molecular formula is C14H27NOS. The molecule has 0 bridgehead atoms. The third kappa shape index (κ3) is 3.31. The van der Waals surface area contributed by atoms with E-state index < -0.39 is 10.8 Å². The number of rotatable bonds is 3. The van der Waals surface area contributed by atoms with E-state index in [1.807, 2.05) is 0 Å². The highest BCUT2D eigenvalue weighted by Gasteiger charge is 2.34. The summed E-state index contributed by atoms with van der Waals surface area (Å²) in [5.74, 6) is 1.31. The van der Waals surface area contributed by atoms with E-state index in [9.17, 15) is 4.21 Å². The predicted octanol–water partition coefficient (Wildman–Crippen LogP) is 2.83. The summed E-state index contributed by atoms with van der Waals surface area (Å²) in [5.41, 5.74) is 5.85. The van der Waals surface area contributed by atoms with Gasteiger partial charge in [0.1, 0.15) is 0 Å². The van der Waals surface area contributed by atoms with Gasteiger partial charge < -0.3 is 5.73 Å². The van der Waals surface area contributed by atoms with Gasteiger partial charge in [-0.2, -0.15) is 0 Å². The van der Waals surface area contributed by atoms with E-state index >= 15 is 0 Å². The SMILES string of the molecule is CC1CCCC(S(=O)C2CCCCC2CN)C1. The maximum absolute atomic E-state index is 12.7. The van der Waals surface area contributed by atoms with E-state index in [2.05, 4.69) is 6.92 Å². The lowest BCUT2D eigenvalue weighted by molar-refractivity contribution is 0.357. The fourth-order valence-electron chi connectivity index (χ4n) is 3.59. The molecule has 5 atom stereocenters. The standard InChI is InChI=1S/C14H27NOS/c1-11-5-4-7-13(9-11)17(16)14-8-3-2-6-12(14)10-15/h11-14H,2-10,15H2,1H3. The van der Waals surface area contributed by atoms with Crippen molar-refractivity contribution in [2.24, 2.45) is 17.6 Å². The summed E-state index contributed by atoms with van der Waals surface area (Å²) >= 11 is 0. The van der Waals surface area contributed by atoms with E-state index in [1.165, 1.54) is 44.9 Å². The summed E-state index contributed by atoms with van der Waals surface area (Å²) in [5, 5.41) is 0.875. The molecule has 2 saturated carbocycles. The van der Waals surface area contributed by atoms with E-state index in [1.54, 1.807) is 0 Å². The lowest BCUT2D eigenvalue weighted by Gasteiger charge is -2.35. The molecule has 2 aliphatic rings. The van der Waals surface area contributed by atoms with Crippen molar-refractivity contribution in [3.63, 3.8) is 0 Å². The van der Waals surface area contributed by atoms with Gasteiger partial charge in [-0.3, -0.25) is 4.21 Å². The largest absolute Gasteiger partial charge is 0.330 e. The van der Waals surface area contributed by atoms with Gasteiger partial charge in [0.25, 0.3) is 0 Å². The zero-order valence-electron chi connectivity index (χ0n) is 11.1. The van der Waals surface area contributed by atoms with Crippen molar-refractivity contribution >= 4 is 10.8 Å². The van der Waals surface area contributed by atoms with Crippen molar-refractivity contribution in [2.45, 2.75) is 68.8 Å². The topological polar surface area (TPSA) is 43.1 Å². The first kappa shape index (κ1) is 13.5. The monoisotopic (exact) mass is 257 g/mol. The average Bonchev–Trinajstić information content (AvgIpc) is 2.38. The van der Waals surface area contributed by atoms with Gasteiger partial charge >= 0.3 is 0 Å². The van der Waals surface area contributed by atoms with Crippen molar-refractivity contribution in [3.8, 4) is 0 Å². The summed E-state index contributed by atoms with van der Waals surface area (Å²) in [6.07, 6.45) is 9.88. The van der Waals surface area contributed by atoms with Gasteiger partial charge in [0.15, 0.2) is 0 Å². The Morgan fingerprint density at radius 2 is 1.88 bits per heavy atom. The Bertz CT molecular complexity index is 269. The first-order valence-electron chi connectivity index (χ1n) is 7.31. The van der Waals surface area contributed by atoms with Crippen LogP contribution in [-0.4, -0.2) is 21.3 Å². The fourth-order valence-corrected chi connectivity index (χ4v) is 6.02. The summed E-state index contributed by atoms with van der Waals surface area (Å²) in [6.45, 7) is 3.04. The Morgan fingerprint density at radius 1 is 1.12 bits per heavy atom. The first-order chi connectivity index (χ1) is 8.22. The van der Waals surface area contributed by atoms with Crippen molar-refractivity contribution in [1.29, 1.82) is 0 Å². The third-order valence-corrected chi connectivity index (χ3v) is 6.96. The highest BCUT2D eigenvalue weighted by molar-refractivity contribution is 7.86. The Kier molecular flexibility index (Phi) is 5.04. The van der Waals surface area contributed by atoms with Crippen molar-refractivity contribution in [2.75, 3.05) is 6.54 Å². The molecule has 2 nitrogen and oxygen atoms in total. The third-order valence-electron chi connectivity index (χ3n) is 4.66. The van der Waals surface area contributed by atoms with Gasteiger partial charge in [-0.05, 0) is 44.1 Å². The first-order valence-corrected chi connectivity index (χ1v) is 8.59. The van der Waals surface area contributed by atoms with Gasteiger partial charge in [0, 0.05) is 21.3 Å². The lowest BCUT2D eigenvalue weighted by atomic mass is 9.89. The van der Waals surface area contributed by atoms with Gasteiger partial charge in [0.05, 0.1) is 0 Å². The molecule has 0 saturated heterocycles. The molecular weight excluding hydrogens is 230 g/mol. The van der Waals surface area contributed by atoms with E-state index in [4.69, 9.17) is 5.73 Å². The van der Waals surface area contributed by atoms with Gasteiger partial charge in [0.2, 0.25) is 0 Å². The summed E-state index contributed by atoms with van der Waals surface area (Å²) in [6, 6.07) is 0. The van der Waals surface area contributed by atoms with Crippen LogP contribution >= 0.6 is 0 Å². The molecule has 0 aromatic carbocycles. The van der Waals surface area contributed by atoms with Crippen LogP contribution in [0.5, 0.6) is 0 Å². The molecule has 0 heterocycles. The molecule has 100 valence electrons. The predicted molar refractivity (Wildman–Crippen MR) is 74.4 cm³/mol. The van der Waals surface area contributed by atoms with Crippen LogP contribution in [0.2, 0.25) is 0 Å². The van der Waals surface area contributed by atoms with Gasteiger partial charge in [-0.25, -0.2) is 0 Å². The lowest BCUT2D eigenvalue weighted by Crippen LogP contribution is -2.39. The smallest absolute Gasteiger partial charge is 0.0391 e. The minimum Gasteiger partial charge on any atom is -0.330 e. The molecule has 0 aromatic rings. The molecule has 17 heavy (non-hydrogen) atoms. The van der Waals surface area contributed by atoms with Crippen molar-refractivity contribution in [3.05, 3.63) is 0 Å². The van der Waals surface area contributed by atoms with E-state index in [0.29, 0.717) is 16.4 Å². The summed E-state index contributed by atoms with van der Waals surface area (Å²) < 4.78 is 12.7. The average molecular weight is 257 g/mol. The maximum Gasteiger partial charge on any atom is 0.0391 e. The number of nitrogens with two attached hydrogens (primary N) is 1. The fraction of sp³-hybridized carbons (Fsp3) is 1.00. The highest BCUT2D eigenvalue weighted by atomic mass is 32.2. The Labute approximate surface area is 108 Å². The molecule has 2 aliphatic carbocycles. The van der Waals surface area contributed by atoms with Crippen LogP contribution in [0.4, 0.5) is 0 Å². The summed E-state index contributed by atoms with van der Waals surface area (Å²) in [4.78, 5) is 0. The Balaban J connectivity index is 1.97. The van der Waals surface area contributed by atoms with E-state index in [0.717, 1.165) is 18.9 Å². The van der Waals surface area contributed by atoms with Gasteiger partial charge in [-0.15, -0.1) is 0 Å². The van der Waals surface area contributed by atoms with Crippen molar-refractivity contribution < 1.29 is 4.21 Å². The quantitative estimate of drug-likeness (QED) is 0.845. The molecule has 5 unspecified atom stereocenters. The van der Waals surface area contributed by atoms with Crippen LogP contribution in [0, 0.1) is 11.8 Å². The van der Waals surface area contributed by atoms with Crippen LogP contribution in [-0.2, 0) is 10.8 Å². The normalized spacial score (nSPS) is 41.1. The highest BCUT2D eigenvalue weighted by Crippen LogP contribution is 2.34. The molecule has 3 heteroatoms. The van der Waals surface area contributed by atoms with Crippen LogP contribution in [0.1, 0.15) is 58.3 Å². The molecule has 2 fully saturated rings. The van der Waals surface area contributed by atoms with Crippen LogP contribution in [0.25, 0.3) is 0 Å². The zero-order valence-corrected chi connectivity index (χ0v) is 11.9. The minimum absolute atomic E-state index is 0.407. The van der Waals surface area contributed by atoms with Crippen LogP contribution in [0.15, 0.2) is 0 Å². The minimum atomic E-state index is -0.624. The summed E-state index contributed by atoms with van der Waals surface area (Å²) in [7, 11) is -0.624. The van der Waals surface area contributed by atoms with Crippen LogP contribution < -0.4 is 5.73 Å². The number of hydrogen-bond donors (Lipinski definition) is 1. The molecule has 2 N–H and O–H groups in total. The molecule has 2 rings (SSSR count). The zero-order chi connectivity index (χ0) is 12.3. The second kappa shape index (κ2) is 6.33. The maximum atomic E-state index is 12.7. The van der Waals surface area contributed by atoms with Crippen molar-refractivity contribution in [1.82, 2.24) is 0 Å². The Hall–Kier alpha value is 0.110. The molecule has 0 amide bonds. The second-order valence-electron chi connectivity index (χ2n) is 6.04. The molecule has 0 spiro atoms. The number of hydrogen-bond acceptors (Lipinski definition) is 2. The van der Waals surface area contributed by atoms with Crippen LogP contribution in [0.3, 0.4) is 0 Å². The second-order valence-corrected chi connectivity index (χ2v) is 7.97. The van der Waals surface area contributed by atoms with Gasteiger partial charge in [-0.1, -0.05) is 32.6 Å². The molecule has 0 radical (unpaired) electrons. The molecule has 0 aromatic heterocycles.